The third kappa shape index (κ3) is 3.85. The molecular weight excluding hydrogens is 466 g/mol. The number of nitrogens with zero attached hydrogens (tertiary/aromatic N) is 2. The Hall–Kier alpha value is -2.31. The van der Waals surface area contributed by atoms with Gasteiger partial charge in [0.2, 0.25) is 5.91 Å². The lowest BCUT2D eigenvalue weighted by Crippen LogP contribution is -2.65. The van der Waals surface area contributed by atoms with Crippen LogP contribution in [0.2, 0.25) is 5.02 Å². The first kappa shape index (κ1) is 23.4. The van der Waals surface area contributed by atoms with Crippen molar-refractivity contribution in [1.29, 1.82) is 0 Å². The number of aryl methyl sites for hydroxylation is 1. The lowest BCUT2D eigenvalue weighted by Gasteiger charge is -2.45. The van der Waals surface area contributed by atoms with Crippen molar-refractivity contribution < 1.29 is 9.59 Å². The van der Waals surface area contributed by atoms with Crippen LogP contribution in [0.3, 0.4) is 0 Å². The first-order valence-corrected chi connectivity index (χ1v) is 13.6. The van der Waals surface area contributed by atoms with E-state index in [0.717, 1.165) is 47.9 Å². The fraction of sp³-hybridized carbons (Fsp3) is 0.481. The average Bonchev–Trinajstić information content (AvgIpc) is 3.25. The van der Waals surface area contributed by atoms with Crippen LogP contribution in [-0.2, 0) is 17.8 Å². The van der Waals surface area contributed by atoms with Gasteiger partial charge in [0.15, 0.2) is 0 Å². The molecule has 0 saturated heterocycles. The Morgan fingerprint density at radius 2 is 1.94 bits per heavy atom. The molecule has 0 bridgehead atoms. The summed E-state index contributed by atoms with van der Waals surface area (Å²) in [7, 11) is 0. The number of rotatable bonds is 4. The summed E-state index contributed by atoms with van der Waals surface area (Å²) in [6.45, 7) is 6.36. The Labute approximate surface area is 210 Å². The number of fused-ring (bicyclic) bond motifs is 3. The summed E-state index contributed by atoms with van der Waals surface area (Å²) >= 11 is 8.19. The molecule has 2 aromatic heterocycles. The van der Waals surface area contributed by atoms with Crippen molar-refractivity contribution in [2.24, 2.45) is 0 Å². The molecule has 3 heterocycles. The van der Waals surface area contributed by atoms with Gasteiger partial charge in [-0.1, -0.05) is 50.3 Å². The summed E-state index contributed by atoms with van der Waals surface area (Å²) in [5.74, 6) is -0.248. The second-order valence-electron chi connectivity index (χ2n) is 9.89. The molecule has 2 amide bonds. The van der Waals surface area contributed by atoms with Crippen LogP contribution < -0.4 is 10.2 Å². The molecule has 1 N–H and O–H groups in total. The molecule has 34 heavy (non-hydrogen) atoms. The van der Waals surface area contributed by atoms with Crippen molar-refractivity contribution >= 4 is 50.7 Å². The molecule has 180 valence electrons. The number of halogens is 1. The zero-order valence-corrected chi connectivity index (χ0v) is 21.7. The molecule has 2 aliphatic rings. The maximum absolute atomic E-state index is 14.1. The van der Waals surface area contributed by atoms with Gasteiger partial charge >= 0.3 is 0 Å². The van der Waals surface area contributed by atoms with Crippen LogP contribution in [0.1, 0.15) is 73.3 Å². The number of hydrogen-bond donors (Lipinski definition) is 1. The number of anilines is 1. The lowest BCUT2D eigenvalue weighted by atomic mass is 9.92. The largest absolute Gasteiger partial charge is 0.351 e. The highest BCUT2D eigenvalue weighted by atomic mass is 35.5. The van der Waals surface area contributed by atoms with Gasteiger partial charge in [-0.05, 0) is 62.9 Å². The van der Waals surface area contributed by atoms with Gasteiger partial charge in [-0.3, -0.25) is 14.5 Å². The molecule has 5 rings (SSSR count). The number of thiophene rings is 1. The molecule has 7 heteroatoms. The van der Waals surface area contributed by atoms with Gasteiger partial charge in [0, 0.05) is 21.6 Å². The van der Waals surface area contributed by atoms with Gasteiger partial charge < -0.3 is 9.88 Å². The Balaban J connectivity index is 1.62. The summed E-state index contributed by atoms with van der Waals surface area (Å²) in [6, 6.07) is 9.87. The van der Waals surface area contributed by atoms with Crippen LogP contribution in [0.4, 0.5) is 5.69 Å². The molecule has 1 saturated carbocycles. The van der Waals surface area contributed by atoms with Crippen LogP contribution in [0.5, 0.6) is 0 Å². The van der Waals surface area contributed by atoms with Gasteiger partial charge in [0.25, 0.3) is 5.91 Å². The van der Waals surface area contributed by atoms with Crippen molar-refractivity contribution in [2.45, 2.75) is 83.8 Å². The summed E-state index contributed by atoms with van der Waals surface area (Å²) in [5.41, 5.74) is 2.10. The fourth-order valence-electron chi connectivity index (χ4n) is 5.48. The van der Waals surface area contributed by atoms with E-state index in [-0.39, 0.29) is 17.9 Å². The Morgan fingerprint density at radius 3 is 2.65 bits per heavy atom. The lowest BCUT2D eigenvalue weighted by molar-refractivity contribution is -0.127. The van der Waals surface area contributed by atoms with Crippen molar-refractivity contribution in [3.8, 4) is 0 Å². The van der Waals surface area contributed by atoms with Crippen molar-refractivity contribution in [2.75, 3.05) is 4.90 Å². The van der Waals surface area contributed by atoms with E-state index < -0.39 is 5.54 Å². The van der Waals surface area contributed by atoms with E-state index >= 15 is 0 Å². The second kappa shape index (κ2) is 9.04. The Bertz CT molecular complexity index is 1250. The maximum Gasteiger partial charge on any atom is 0.275 e. The van der Waals surface area contributed by atoms with Crippen LogP contribution >= 0.6 is 22.9 Å². The minimum Gasteiger partial charge on any atom is -0.351 e. The summed E-state index contributed by atoms with van der Waals surface area (Å²) in [4.78, 5) is 31.0. The smallest absolute Gasteiger partial charge is 0.275 e. The summed E-state index contributed by atoms with van der Waals surface area (Å²) < 4.78 is 3.15. The predicted octanol–water partition coefficient (Wildman–Crippen LogP) is 6.49. The van der Waals surface area contributed by atoms with Gasteiger partial charge in [0.1, 0.15) is 11.2 Å². The van der Waals surface area contributed by atoms with Crippen molar-refractivity contribution in [3.63, 3.8) is 0 Å². The van der Waals surface area contributed by atoms with E-state index in [1.165, 1.54) is 17.7 Å². The zero-order chi connectivity index (χ0) is 24.0. The Kier molecular flexibility index (Phi) is 6.23. The third-order valence-corrected chi connectivity index (χ3v) is 9.16. The molecule has 1 atom stereocenters. The van der Waals surface area contributed by atoms with E-state index in [2.05, 4.69) is 22.9 Å². The molecule has 5 nitrogen and oxygen atoms in total. The Morgan fingerprint density at radius 1 is 1.21 bits per heavy atom. The van der Waals surface area contributed by atoms with Crippen LogP contribution in [0.15, 0.2) is 30.3 Å². The van der Waals surface area contributed by atoms with Crippen LogP contribution in [0, 0.1) is 6.92 Å². The van der Waals surface area contributed by atoms with E-state index in [0.29, 0.717) is 22.9 Å². The predicted molar refractivity (Wildman–Crippen MR) is 140 cm³/mol. The standard InChI is InChI=1S/C27H32ClN3O2S/c1-4-19-14-22-24(34-19)15-23-25(32)31(21-13-9-12-20(28)17(21)2)27(3,16-30(22)23)26(33)29-18-10-7-5-6-8-11-18/h9,12-15,18H,4-8,10-11,16H2,1-3H3,(H,29,33). The number of carbonyl (C=O) groups is 2. The van der Waals surface area contributed by atoms with Gasteiger partial charge in [-0.25, -0.2) is 0 Å². The zero-order valence-electron chi connectivity index (χ0n) is 20.1. The molecule has 0 spiro atoms. The SMILES string of the molecule is CCc1cc2c(cc3n2CC(C)(C(=O)NC2CCCCCC2)N(c2cccc(Cl)c2C)C3=O)s1. The quantitative estimate of drug-likeness (QED) is 0.419. The highest BCUT2D eigenvalue weighted by Gasteiger charge is 2.49. The molecule has 1 aromatic carbocycles. The minimum atomic E-state index is -1.08. The molecule has 3 aromatic rings. The molecule has 1 unspecified atom stereocenters. The van der Waals surface area contributed by atoms with Gasteiger partial charge in [-0.15, -0.1) is 11.3 Å². The van der Waals surface area contributed by atoms with E-state index in [9.17, 15) is 9.59 Å². The second-order valence-corrected chi connectivity index (χ2v) is 11.5. The van der Waals surface area contributed by atoms with Gasteiger partial charge in [0.05, 0.1) is 16.8 Å². The summed E-state index contributed by atoms with van der Waals surface area (Å²) in [5, 5.41) is 3.92. The van der Waals surface area contributed by atoms with E-state index in [1.807, 2.05) is 38.1 Å². The number of amides is 2. The highest BCUT2D eigenvalue weighted by molar-refractivity contribution is 7.19. The fourth-order valence-corrected chi connectivity index (χ4v) is 6.69. The van der Waals surface area contributed by atoms with Gasteiger partial charge in [-0.2, -0.15) is 0 Å². The molecule has 0 radical (unpaired) electrons. The normalized spacial score (nSPS) is 21.5. The monoisotopic (exact) mass is 497 g/mol. The topological polar surface area (TPSA) is 54.3 Å². The number of nitrogens with one attached hydrogen (secondary N) is 1. The van der Waals surface area contributed by atoms with Crippen LogP contribution in [-0.4, -0.2) is 28.0 Å². The van der Waals surface area contributed by atoms with E-state index in [4.69, 9.17) is 11.6 Å². The third-order valence-electron chi connectivity index (χ3n) is 7.53. The number of benzene rings is 1. The van der Waals surface area contributed by atoms with Crippen molar-refractivity contribution in [1.82, 2.24) is 9.88 Å². The van der Waals surface area contributed by atoms with Crippen molar-refractivity contribution in [3.05, 3.63) is 51.5 Å². The minimum absolute atomic E-state index is 0.0921. The highest BCUT2D eigenvalue weighted by Crippen LogP contribution is 2.40. The molecular formula is C27H32ClN3O2S. The summed E-state index contributed by atoms with van der Waals surface area (Å²) in [6.07, 6.45) is 7.65. The molecule has 1 fully saturated rings. The first-order chi connectivity index (χ1) is 16.3. The molecule has 1 aliphatic carbocycles. The van der Waals surface area contributed by atoms with E-state index in [1.54, 1.807) is 16.2 Å². The number of aromatic nitrogens is 1. The maximum atomic E-state index is 14.1. The molecule has 1 aliphatic heterocycles. The average molecular weight is 498 g/mol. The number of carbonyl (C=O) groups excluding carboxylic acids is 2. The first-order valence-electron chi connectivity index (χ1n) is 12.4. The van der Waals surface area contributed by atoms with Crippen LogP contribution in [0.25, 0.3) is 10.2 Å². The number of hydrogen-bond acceptors (Lipinski definition) is 3.